The second kappa shape index (κ2) is 9.99. The first-order chi connectivity index (χ1) is 17.4. The number of halogens is 2. The smallest absolute Gasteiger partial charge is 0.289 e. The Labute approximate surface area is 213 Å². The quantitative estimate of drug-likeness (QED) is 0.290. The van der Waals surface area contributed by atoms with Gasteiger partial charge in [-0.15, -0.1) is 0 Å². The Morgan fingerprint density at radius 1 is 1.06 bits per heavy atom. The SMILES string of the molecule is CC[C@]1(C)CN=C(Nc2ccc3ncnc(Nc4ccc(OCc5cccc(F)c5)c(Cl)c4)c3c2)O1. The monoisotopic (exact) mass is 505 g/mol. The van der Waals surface area contributed by atoms with Gasteiger partial charge in [-0.05, 0) is 67.4 Å². The molecular weight excluding hydrogens is 481 g/mol. The van der Waals surface area contributed by atoms with Gasteiger partial charge in [-0.3, -0.25) is 0 Å². The van der Waals surface area contributed by atoms with Crippen LogP contribution >= 0.6 is 11.6 Å². The second-order valence-electron chi connectivity index (χ2n) is 8.79. The molecule has 1 atom stereocenters. The molecule has 0 aliphatic carbocycles. The van der Waals surface area contributed by atoms with Gasteiger partial charge < -0.3 is 20.1 Å². The molecule has 2 N–H and O–H groups in total. The molecular formula is C27H25ClFN5O2. The van der Waals surface area contributed by atoms with E-state index in [1.54, 1.807) is 24.3 Å². The number of fused-ring (bicyclic) bond motifs is 1. The van der Waals surface area contributed by atoms with Crippen molar-refractivity contribution >= 4 is 45.7 Å². The zero-order valence-corrected chi connectivity index (χ0v) is 20.6. The summed E-state index contributed by atoms with van der Waals surface area (Å²) in [6, 6.07) is 17.9. The Kier molecular flexibility index (Phi) is 6.61. The lowest BCUT2D eigenvalue weighted by Crippen LogP contribution is -2.29. The van der Waals surface area contributed by atoms with E-state index >= 15 is 0 Å². The first-order valence-electron chi connectivity index (χ1n) is 11.6. The number of benzene rings is 3. The molecule has 5 rings (SSSR count). The van der Waals surface area contributed by atoms with Crippen LogP contribution in [0.3, 0.4) is 0 Å². The highest BCUT2D eigenvalue weighted by Gasteiger charge is 2.31. The summed E-state index contributed by atoms with van der Waals surface area (Å²) in [7, 11) is 0. The van der Waals surface area contributed by atoms with Gasteiger partial charge in [-0.25, -0.2) is 19.4 Å². The average molecular weight is 506 g/mol. The van der Waals surface area contributed by atoms with Crippen LogP contribution < -0.4 is 15.4 Å². The maximum absolute atomic E-state index is 13.4. The van der Waals surface area contributed by atoms with Gasteiger partial charge in [-0.1, -0.05) is 30.7 Å². The molecule has 9 heteroatoms. The molecule has 2 heterocycles. The summed E-state index contributed by atoms with van der Waals surface area (Å²) in [6.07, 6.45) is 2.38. The van der Waals surface area contributed by atoms with Gasteiger partial charge in [0.25, 0.3) is 6.02 Å². The number of anilines is 3. The van der Waals surface area contributed by atoms with Gasteiger partial charge >= 0.3 is 0 Å². The molecule has 0 bridgehead atoms. The Balaban J connectivity index is 1.31. The third-order valence-electron chi connectivity index (χ3n) is 6.01. The molecule has 184 valence electrons. The molecule has 3 aromatic carbocycles. The fourth-order valence-corrected chi connectivity index (χ4v) is 4.00. The van der Waals surface area contributed by atoms with Crippen LogP contribution in [0.1, 0.15) is 25.8 Å². The van der Waals surface area contributed by atoms with Crippen LogP contribution in [0.15, 0.2) is 72.0 Å². The third-order valence-corrected chi connectivity index (χ3v) is 6.31. The lowest BCUT2D eigenvalue weighted by Gasteiger charge is -2.21. The first kappa shape index (κ1) is 23.8. The number of aromatic nitrogens is 2. The van der Waals surface area contributed by atoms with Crippen molar-refractivity contribution in [3.63, 3.8) is 0 Å². The topological polar surface area (TPSA) is 80.7 Å². The van der Waals surface area contributed by atoms with Crippen molar-refractivity contribution in [3.05, 3.63) is 83.4 Å². The molecule has 0 spiro atoms. The largest absolute Gasteiger partial charge is 0.487 e. The van der Waals surface area contributed by atoms with Crippen LogP contribution in [-0.4, -0.2) is 28.1 Å². The van der Waals surface area contributed by atoms with Crippen molar-refractivity contribution in [1.82, 2.24) is 9.97 Å². The fourth-order valence-electron chi connectivity index (χ4n) is 3.76. The highest BCUT2D eigenvalue weighted by molar-refractivity contribution is 6.32. The number of aliphatic imine (C=N–C) groups is 1. The van der Waals surface area contributed by atoms with Crippen LogP contribution in [0.25, 0.3) is 10.9 Å². The molecule has 0 unspecified atom stereocenters. The maximum atomic E-state index is 13.4. The highest BCUT2D eigenvalue weighted by Crippen LogP contribution is 2.32. The minimum absolute atomic E-state index is 0.211. The van der Waals surface area contributed by atoms with Crippen LogP contribution in [0.2, 0.25) is 5.02 Å². The van der Waals surface area contributed by atoms with E-state index in [0.717, 1.165) is 34.3 Å². The fraction of sp³-hybridized carbons (Fsp3) is 0.222. The zero-order valence-electron chi connectivity index (χ0n) is 19.9. The Bertz CT molecular complexity index is 1450. The van der Waals surface area contributed by atoms with Crippen LogP contribution in [0, 0.1) is 5.82 Å². The molecule has 7 nitrogen and oxygen atoms in total. The predicted molar refractivity (Wildman–Crippen MR) is 141 cm³/mol. The molecule has 1 aliphatic heterocycles. The summed E-state index contributed by atoms with van der Waals surface area (Å²) < 4.78 is 25.1. The van der Waals surface area contributed by atoms with E-state index in [2.05, 4.69) is 32.5 Å². The van der Waals surface area contributed by atoms with Crippen LogP contribution in [-0.2, 0) is 11.3 Å². The number of ether oxygens (including phenoxy) is 2. The number of amidine groups is 1. The summed E-state index contributed by atoms with van der Waals surface area (Å²) in [5, 5.41) is 7.80. The van der Waals surface area contributed by atoms with Crippen molar-refractivity contribution < 1.29 is 13.9 Å². The summed E-state index contributed by atoms with van der Waals surface area (Å²) >= 11 is 6.46. The van der Waals surface area contributed by atoms with Gasteiger partial charge in [0.15, 0.2) is 0 Å². The average Bonchev–Trinajstić information content (AvgIpc) is 3.25. The summed E-state index contributed by atoms with van der Waals surface area (Å²) in [5.41, 5.74) is 2.78. The normalized spacial score (nSPS) is 16.9. The summed E-state index contributed by atoms with van der Waals surface area (Å²) in [4.78, 5) is 13.3. The number of hydrogen-bond acceptors (Lipinski definition) is 7. The van der Waals surface area contributed by atoms with E-state index in [1.165, 1.54) is 18.5 Å². The van der Waals surface area contributed by atoms with Gasteiger partial charge in [0, 0.05) is 16.8 Å². The number of rotatable bonds is 7. The molecule has 0 radical (unpaired) electrons. The Hall–Kier alpha value is -3.91. The molecule has 1 aliphatic rings. The standard InChI is InChI=1S/C27H25ClFN5O2/c1-3-27(2)15-30-26(36-27)34-19-7-9-23-21(12-19)25(32-16-31-23)33-20-8-10-24(22(28)13-20)35-14-17-5-4-6-18(29)11-17/h4-13,16H,3,14-15H2,1-2H3,(H,30,34)(H,31,32,33)/t27-/m1/s1. The molecule has 0 saturated carbocycles. The molecule has 0 saturated heterocycles. The minimum Gasteiger partial charge on any atom is -0.487 e. The van der Waals surface area contributed by atoms with Crippen molar-refractivity contribution in [2.75, 3.05) is 17.2 Å². The third kappa shape index (κ3) is 5.33. The van der Waals surface area contributed by atoms with E-state index in [4.69, 9.17) is 21.1 Å². The molecule has 0 fully saturated rings. The van der Waals surface area contributed by atoms with Gasteiger partial charge in [0.2, 0.25) is 0 Å². The van der Waals surface area contributed by atoms with Crippen molar-refractivity contribution in [2.45, 2.75) is 32.5 Å². The van der Waals surface area contributed by atoms with Crippen LogP contribution in [0.5, 0.6) is 5.75 Å². The summed E-state index contributed by atoms with van der Waals surface area (Å²) in [5.74, 6) is 0.822. The van der Waals surface area contributed by atoms with Gasteiger partial charge in [0.1, 0.15) is 35.9 Å². The minimum atomic E-state index is -0.305. The van der Waals surface area contributed by atoms with E-state index in [1.807, 2.05) is 31.2 Å². The van der Waals surface area contributed by atoms with Gasteiger partial charge in [0.05, 0.1) is 17.1 Å². The second-order valence-corrected chi connectivity index (χ2v) is 9.20. The predicted octanol–water partition coefficient (Wildman–Crippen LogP) is 6.71. The molecule has 36 heavy (non-hydrogen) atoms. The zero-order chi connectivity index (χ0) is 25.1. The summed E-state index contributed by atoms with van der Waals surface area (Å²) in [6.45, 7) is 4.96. The van der Waals surface area contributed by atoms with E-state index < -0.39 is 0 Å². The number of nitrogens with one attached hydrogen (secondary N) is 2. The lowest BCUT2D eigenvalue weighted by atomic mass is 10.1. The lowest BCUT2D eigenvalue weighted by molar-refractivity contribution is 0.104. The molecule has 4 aromatic rings. The Morgan fingerprint density at radius 3 is 2.67 bits per heavy atom. The van der Waals surface area contributed by atoms with Crippen molar-refractivity contribution in [3.8, 4) is 5.75 Å². The number of hydrogen-bond donors (Lipinski definition) is 2. The van der Waals surface area contributed by atoms with E-state index in [-0.39, 0.29) is 18.0 Å². The van der Waals surface area contributed by atoms with E-state index in [0.29, 0.717) is 29.2 Å². The van der Waals surface area contributed by atoms with Gasteiger partial charge in [-0.2, -0.15) is 0 Å². The maximum Gasteiger partial charge on any atom is 0.289 e. The van der Waals surface area contributed by atoms with Crippen molar-refractivity contribution in [1.29, 1.82) is 0 Å². The van der Waals surface area contributed by atoms with E-state index in [9.17, 15) is 4.39 Å². The highest BCUT2D eigenvalue weighted by atomic mass is 35.5. The Morgan fingerprint density at radius 2 is 1.89 bits per heavy atom. The molecule has 1 aromatic heterocycles. The molecule has 0 amide bonds. The van der Waals surface area contributed by atoms with Crippen LogP contribution in [0.4, 0.5) is 21.6 Å². The number of nitrogens with zero attached hydrogens (tertiary/aromatic N) is 3. The van der Waals surface area contributed by atoms with Crippen molar-refractivity contribution in [2.24, 2.45) is 4.99 Å². The first-order valence-corrected chi connectivity index (χ1v) is 12.0.